The van der Waals surface area contributed by atoms with Crippen LogP contribution in [0.25, 0.3) is 125 Å². The van der Waals surface area contributed by atoms with Crippen LogP contribution in [0, 0.1) is 0 Å². The lowest BCUT2D eigenvalue weighted by molar-refractivity contribution is 0.590. The first-order valence-corrected chi connectivity index (χ1v) is 35.7. The summed E-state index contributed by atoms with van der Waals surface area (Å²) < 4.78 is 39.1. The van der Waals surface area contributed by atoms with Crippen LogP contribution in [-0.2, 0) is 16.2 Å². The Morgan fingerprint density at radius 3 is 1.37 bits per heavy atom. The highest BCUT2D eigenvalue weighted by Crippen LogP contribution is 2.57. The predicted molar refractivity (Wildman–Crippen MR) is 429 cm³/mol. The number of nitrogens with zero attached hydrogens (tertiary/aromatic N) is 3. The van der Waals surface area contributed by atoms with E-state index in [9.17, 15) is 4.11 Å². The average molecular weight is 1290 g/mol. The van der Waals surface area contributed by atoms with Crippen molar-refractivity contribution in [2.24, 2.45) is 0 Å². The van der Waals surface area contributed by atoms with Crippen molar-refractivity contribution >= 4 is 143 Å². The fourth-order valence-electron chi connectivity index (χ4n) is 16.4. The molecule has 0 amide bonds. The second-order valence-electron chi connectivity index (χ2n) is 30.5. The molecule has 0 saturated carbocycles. The molecular weight excluding hydrogens is 1210 g/mol. The van der Waals surface area contributed by atoms with Crippen molar-refractivity contribution in [3.63, 3.8) is 0 Å². The van der Waals surface area contributed by atoms with Crippen LogP contribution in [0.3, 0.4) is 0 Å². The van der Waals surface area contributed by atoms with Crippen molar-refractivity contribution in [3.05, 3.63) is 302 Å². The van der Waals surface area contributed by atoms with E-state index in [0.717, 1.165) is 158 Å². The van der Waals surface area contributed by atoms with E-state index in [0.29, 0.717) is 16.8 Å². The molecule has 0 N–H and O–H groups in total. The molecule has 474 valence electrons. The molecule has 2 aliphatic heterocycles. The molecule has 17 aromatic rings. The first-order valence-electron chi connectivity index (χ1n) is 36.4. The fourth-order valence-corrected chi connectivity index (χ4v) is 17.9. The fraction of sp³-hybridized carbons (Fsp3) is 0.128. The Kier molecular flexibility index (Phi) is 12.3. The van der Waals surface area contributed by atoms with Crippen LogP contribution in [0.1, 0.15) is 83.1 Å². The Hall–Kier alpha value is -11.0. The van der Waals surface area contributed by atoms with Crippen molar-refractivity contribution in [2.75, 3.05) is 9.80 Å². The molecular formula is C94H74BN3S. The highest BCUT2D eigenvalue weighted by molar-refractivity contribution is 7.34. The number of aromatic nitrogens is 1. The number of hydrogen-bond acceptors (Lipinski definition) is 3. The standard InChI is InChI=1S/C94H74BN3S/c1-92(2,3)65-50-73(57-27-14-10-15-28-57)87(74(51-65)58-29-16-11-17-30-58)97-80-56-68(96-79-40-25-24-39-70(79)77-49-64-42-41-62-36-26-37-63-44-46-71(86(77)96)84(64)83(62)63)45-48-78(80)95-85-81(97)54-67(94(7,8)9)55-82(85)98(89-72-47-43-61-35-22-23-38-69(61)90(72)99-91(89)95)88-75(59-31-18-12-19-32-59)52-66(93(4,5)6)53-76(88)60-33-20-13-21-34-60/h10-56H,1-9H3/i45D,48D,56D. The van der Waals surface area contributed by atoms with Gasteiger partial charge in [0, 0.05) is 76.0 Å². The Bertz CT molecular complexity index is 6220. The molecule has 0 atom stereocenters. The lowest BCUT2D eigenvalue weighted by Crippen LogP contribution is -2.60. The maximum Gasteiger partial charge on any atom is 0.264 e. The molecule has 2 aliphatic rings. The Labute approximate surface area is 588 Å². The Morgan fingerprint density at radius 2 is 0.808 bits per heavy atom. The van der Waals surface area contributed by atoms with Crippen molar-refractivity contribution < 1.29 is 4.11 Å². The van der Waals surface area contributed by atoms with Crippen LogP contribution in [-0.4, -0.2) is 11.3 Å². The van der Waals surface area contributed by atoms with Crippen molar-refractivity contribution in [3.8, 4) is 50.2 Å². The third kappa shape index (κ3) is 9.09. The molecule has 19 rings (SSSR count). The summed E-state index contributed by atoms with van der Waals surface area (Å²) in [5, 5.41) is 12.3. The van der Waals surface area contributed by atoms with Gasteiger partial charge >= 0.3 is 0 Å². The van der Waals surface area contributed by atoms with E-state index >= 15 is 0 Å². The number of anilines is 6. The summed E-state index contributed by atoms with van der Waals surface area (Å²) in [6, 6.07) is 98.3. The minimum atomic E-state index is -0.633. The van der Waals surface area contributed by atoms with Crippen molar-refractivity contribution in [2.45, 2.75) is 78.6 Å². The summed E-state index contributed by atoms with van der Waals surface area (Å²) >= 11 is 1.81. The molecule has 0 spiro atoms. The highest BCUT2D eigenvalue weighted by atomic mass is 32.1. The molecule has 4 heterocycles. The summed E-state index contributed by atoms with van der Waals surface area (Å²) in [5.41, 5.74) is 20.4. The Morgan fingerprint density at radius 1 is 0.354 bits per heavy atom. The van der Waals surface area contributed by atoms with Gasteiger partial charge in [0.25, 0.3) is 6.71 Å². The van der Waals surface area contributed by atoms with Crippen molar-refractivity contribution in [1.82, 2.24) is 4.57 Å². The number of thiophene rings is 1. The summed E-state index contributed by atoms with van der Waals surface area (Å²) in [6.45, 7) is 20.2. The summed E-state index contributed by atoms with van der Waals surface area (Å²) in [7, 11) is 0. The predicted octanol–water partition coefficient (Wildman–Crippen LogP) is 24.7. The smallest absolute Gasteiger partial charge is 0.264 e. The van der Waals surface area contributed by atoms with Gasteiger partial charge in [-0.05, 0) is 164 Å². The maximum absolute atomic E-state index is 11.9. The molecule has 5 heteroatoms. The quantitative estimate of drug-likeness (QED) is 0.116. The molecule has 0 unspecified atom stereocenters. The number of benzene rings is 15. The van der Waals surface area contributed by atoms with Gasteiger partial charge in [0.15, 0.2) is 0 Å². The van der Waals surface area contributed by atoms with E-state index < -0.39 is 12.1 Å². The molecule has 3 nitrogen and oxygen atoms in total. The van der Waals surface area contributed by atoms with Gasteiger partial charge in [0.05, 0.1) is 32.2 Å². The Balaban J connectivity index is 1.04. The van der Waals surface area contributed by atoms with Gasteiger partial charge in [-0.25, -0.2) is 0 Å². The highest BCUT2D eigenvalue weighted by Gasteiger charge is 2.48. The maximum atomic E-state index is 11.9. The number of para-hydroxylation sites is 1. The third-order valence-corrected chi connectivity index (χ3v) is 22.7. The first kappa shape index (κ1) is 56.1. The zero-order valence-electron chi connectivity index (χ0n) is 60.2. The number of fused-ring (bicyclic) bond motifs is 12. The second-order valence-corrected chi connectivity index (χ2v) is 31.6. The molecule has 0 bridgehead atoms. The SMILES string of the molecule is [2H]c1c([2H])c(-n2c3ccccc3c3cc4ccc5cccc6ccc(c4c56)c32)c([2H])c2c1B1c3sc4c(ccc5ccccc54)c3N(c3c(-c4ccccc4)cc(C(C)(C)C)cc3-c3ccccc3)c3cc(C(C)(C)C)cc(c31)N2c1c(-c2ccccc2)cc(C(C)(C)C)cc1-c1ccccc1. The van der Waals surface area contributed by atoms with Gasteiger partial charge in [-0.2, -0.15) is 0 Å². The number of rotatable bonds is 7. The minimum absolute atomic E-state index is 0.00374. The van der Waals surface area contributed by atoms with Gasteiger partial charge in [-0.3, -0.25) is 0 Å². The summed E-state index contributed by atoms with van der Waals surface area (Å²) in [6.07, 6.45) is 0. The van der Waals surface area contributed by atoms with Gasteiger partial charge in [0.1, 0.15) is 0 Å². The van der Waals surface area contributed by atoms with Gasteiger partial charge < -0.3 is 14.4 Å². The van der Waals surface area contributed by atoms with Crippen LogP contribution in [0.5, 0.6) is 0 Å². The molecule has 0 saturated heterocycles. The van der Waals surface area contributed by atoms with Crippen LogP contribution >= 0.6 is 11.3 Å². The molecule has 99 heavy (non-hydrogen) atoms. The van der Waals surface area contributed by atoms with Crippen molar-refractivity contribution in [1.29, 1.82) is 0 Å². The molecule has 0 fully saturated rings. The van der Waals surface area contributed by atoms with E-state index in [2.05, 4.69) is 344 Å². The normalized spacial score (nSPS) is 13.7. The van der Waals surface area contributed by atoms with E-state index in [1.807, 2.05) is 11.3 Å². The number of hydrogen-bond donors (Lipinski definition) is 0. The lowest BCUT2D eigenvalue weighted by Gasteiger charge is -2.46. The third-order valence-electron chi connectivity index (χ3n) is 21.4. The summed E-state index contributed by atoms with van der Waals surface area (Å²) in [5.74, 6) is 0. The second kappa shape index (κ2) is 21.8. The van der Waals surface area contributed by atoms with Crippen LogP contribution < -0.4 is 25.5 Å². The van der Waals surface area contributed by atoms with E-state index in [-0.39, 0.29) is 29.0 Å². The van der Waals surface area contributed by atoms with Crippen LogP contribution in [0.2, 0.25) is 0 Å². The van der Waals surface area contributed by atoms with Gasteiger partial charge in [-0.1, -0.05) is 287 Å². The van der Waals surface area contributed by atoms with Crippen LogP contribution in [0.4, 0.5) is 34.1 Å². The lowest BCUT2D eigenvalue weighted by atomic mass is 9.36. The minimum Gasteiger partial charge on any atom is -0.310 e. The summed E-state index contributed by atoms with van der Waals surface area (Å²) in [4.78, 5) is 5.09. The zero-order chi connectivity index (χ0) is 69.6. The zero-order valence-corrected chi connectivity index (χ0v) is 58.0. The van der Waals surface area contributed by atoms with E-state index in [4.69, 9.17) is 0 Å². The topological polar surface area (TPSA) is 11.4 Å². The molecule has 0 aliphatic carbocycles. The van der Waals surface area contributed by atoms with Gasteiger partial charge in [-0.15, -0.1) is 11.3 Å². The van der Waals surface area contributed by atoms with Gasteiger partial charge in [0.2, 0.25) is 0 Å². The first-order chi connectivity index (χ1) is 49.3. The largest absolute Gasteiger partial charge is 0.310 e. The molecule has 15 aromatic carbocycles. The molecule has 2 aromatic heterocycles. The average Bonchev–Trinajstić information content (AvgIpc) is 1.12. The molecule has 0 radical (unpaired) electrons. The van der Waals surface area contributed by atoms with Crippen LogP contribution in [0.15, 0.2) is 285 Å². The van der Waals surface area contributed by atoms with E-state index in [1.165, 1.54) is 16.5 Å². The monoisotopic (exact) mass is 1290 g/mol. The van der Waals surface area contributed by atoms with E-state index in [1.54, 1.807) is 0 Å².